The molecule has 1 aromatic heterocycles. The number of methoxy groups -OCH3 is 1. The van der Waals surface area contributed by atoms with Crippen LogP contribution < -0.4 is 5.32 Å². The minimum absolute atomic E-state index is 0.0837. The fourth-order valence-corrected chi connectivity index (χ4v) is 1.28. The largest absolute Gasteiger partial charge is 0.469 e. The SMILES string of the molecule is COC(=O)CCNC(=O)CCc1ccccn1. The summed E-state index contributed by atoms with van der Waals surface area (Å²) in [6, 6.07) is 5.60. The average Bonchev–Trinajstić information content (AvgIpc) is 2.37. The lowest BCUT2D eigenvalue weighted by Gasteiger charge is -2.04. The second kappa shape index (κ2) is 7.38. The maximum atomic E-state index is 11.4. The first-order chi connectivity index (χ1) is 8.22. The first-order valence-corrected chi connectivity index (χ1v) is 5.46. The van der Waals surface area contributed by atoms with Gasteiger partial charge in [0.25, 0.3) is 0 Å². The van der Waals surface area contributed by atoms with Crippen LogP contribution in [0.4, 0.5) is 0 Å². The van der Waals surface area contributed by atoms with Crippen molar-refractivity contribution in [2.45, 2.75) is 19.3 Å². The number of esters is 1. The number of amides is 1. The molecule has 1 aromatic rings. The van der Waals surface area contributed by atoms with Crippen molar-refractivity contribution in [3.63, 3.8) is 0 Å². The first kappa shape index (κ1) is 13.2. The van der Waals surface area contributed by atoms with Crippen molar-refractivity contribution in [2.24, 2.45) is 0 Å². The average molecular weight is 236 g/mol. The molecule has 92 valence electrons. The van der Waals surface area contributed by atoms with Crippen LogP contribution in [0.1, 0.15) is 18.5 Å². The van der Waals surface area contributed by atoms with E-state index in [1.807, 2.05) is 18.2 Å². The van der Waals surface area contributed by atoms with Crippen molar-refractivity contribution in [1.82, 2.24) is 10.3 Å². The Morgan fingerprint density at radius 3 is 2.82 bits per heavy atom. The number of nitrogens with one attached hydrogen (secondary N) is 1. The molecule has 1 heterocycles. The number of aromatic nitrogens is 1. The van der Waals surface area contributed by atoms with Gasteiger partial charge in [0, 0.05) is 24.9 Å². The number of hydrogen-bond acceptors (Lipinski definition) is 4. The Morgan fingerprint density at radius 1 is 1.35 bits per heavy atom. The van der Waals surface area contributed by atoms with Crippen LogP contribution >= 0.6 is 0 Å². The summed E-state index contributed by atoms with van der Waals surface area (Å²) in [5.74, 6) is -0.408. The van der Waals surface area contributed by atoms with Gasteiger partial charge < -0.3 is 10.1 Å². The van der Waals surface area contributed by atoms with Crippen LogP contribution in [-0.2, 0) is 20.7 Å². The molecule has 0 bridgehead atoms. The molecule has 0 fully saturated rings. The van der Waals surface area contributed by atoms with Gasteiger partial charge in [0.05, 0.1) is 13.5 Å². The summed E-state index contributed by atoms with van der Waals surface area (Å²) in [4.78, 5) is 26.3. The predicted octanol–water partition coefficient (Wildman–Crippen LogP) is 0.693. The Balaban J connectivity index is 2.16. The van der Waals surface area contributed by atoms with Crippen molar-refractivity contribution >= 4 is 11.9 Å². The topological polar surface area (TPSA) is 68.3 Å². The van der Waals surface area contributed by atoms with Gasteiger partial charge in [-0.1, -0.05) is 6.07 Å². The Hall–Kier alpha value is -1.91. The van der Waals surface area contributed by atoms with E-state index in [0.29, 0.717) is 19.4 Å². The van der Waals surface area contributed by atoms with E-state index in [9.17, 15) is 9.59 Å². The highest BCUT2D eigenvalue weighted by Crippen LogP contribution is 1.98. The van der Waals surface area contributed by atoms with Gasteiger partial charge in [-0.3, -0.25) is 14.6 Å². The zero-order chi connectivity index (χ0) is 12.5. The molecule has 0 aliphatic carbocycles. The van der Waals surface area contributed by atoms with E-state index in [-0.39, 0.29) is 18.3 Å². The monoisotopic (exact) mass is 236 g/mol. The molecular weight excluding hydrogens is 220 g/mol. The van der Waals surface area contributed by atoms with Gasteiger partial charge in [0.15, 0.2) is 0 Å². The third-order valence-electron chi connectivity index (χ3n) is 2.21. The van der Waals surface area contributed by atoms with E-state index in [0.717, 1.165) is 5.69 Å². The van der Waals surface area contributed by atoms with Gasteiger partial charge in [-0.25, -0.2) is 0 Å². The number of carbonyl (C=O) groups excluding carboxylic acids is 2. The van der Waals surface area contributed by atoms with E-state index in [1.54, 1.807) is 6.20 Å². The number of carbonyl (C=O) groups is 2. The molecule has 1 amide bonds. The van der Waals surface area contributed by atoms with Gasteiger partial charge >= 0.3 is 5.97 Å². The number of rotatable bonds is 6. The van der Waals surface area contributed by atoms with Gasteiger partial charge in [-0.05, 0) is 18.6 Å². The van der Waals surface area contributed by atoms with E-state index >= 15 is 0 Å². The highest BCUT2D eigenvalue weighted by atomic mass is 16.5. The van der Waals surface area contributed by atoms with E-state index < -0.39 is 0 Å². The van der Waals surface area contributed by atoms with Crippen LogP contribution in [0, 0.1) is 0 Å². The van der Waals surface area contributed by atoms with Gasteiger partial charge in [-0.15, -0.1) is 0 Å². The zero-order valence-corrected chi connectivity index (χ0v) is 9.81. The van der Waals surface area contributed by atoms with Gasteiger partial charge in [0.1, 0.15) is 0 Å². The second-order valence-corrected chi connectivity index (χ2v) is 3.50. The summed E-state index contributed by atoms with van der Waals surface area (Å²) in [5, 5.41) is 2.65. The summed E-state index contributed by atoms with van der Waals surface area (Å²) in [6.45, 7) is 0.313. The number of aryl methyl sites for hydroxylation is 1. The van der Waals surface area contributed by atoms with Gasteiger partial charge in [0.2, 0.25) is 5.91 Å². The molecule has 0 aromatic carbocycles. The third-order valence-corrected chi connectivity index (χ3v) is 2.21. The number of pyridine rings is 1. The predicted molar refractivity (Wildman–Crippen MR) is 62.2 cm³/mol. The molecule has 0 aliphatic heterocycles. The molecule has 0 atom stereocenters. The molecular formula is C12H16N2O3. The fraction of sp³-hybridized carbons (Fsp3) is 0.417. The minimum atomic E-state index is -0.324. The molecule has 0 aliphatic rings. The number of hydrogen-bond donors (Lipinski definition) is 1. The quantitative estimate of drug-likeness (QED) is 0.738. The number of nitrogens with zero attached hydrogens (tertiary/aromatic N) is 1. The normalized spacial score (nSPS) is 9.71. The lowest BCUT2D eigenvalue weighted by atomic mass is 10.2. The highest BCUT2D eigenvalue weighted by molar-refractivity contribution is 5.77. The van der Waals surface area contributed by atoms with E-state index in [4.69, 9.17) is 0 Å². The zero-order valence-electron chi connectivity index (χ0n) is 9.81. The van der Waals surface area contributed by atoms with Crippen molar-refractivity contribution in [1.29, 1.82) is 0 Å². The first-order valence-electron chi connectivity index (χ1n) is 5.46. The van der Waals surface area contributed by atoms with Crippen molar-refractivity contribution in [3.05, 3.63) is 30.1 Å². The Kier molecular flexibility index (Phi) is 5.71. The molecule has 1 rings (SSSR count). The standard InChI is InChI=1S/C12H16N2O3/c1-17-12(16)7-9-14-11(15)6-5-10-4-2-3-8-13-10/h2-4,8H,5-7,9H2,1H3,(H,14,15). The van der Waals surface area contributed by atoms with Crippen LogP contribution in [0.5, 0.6) is 0 Å². The summed E-state index contributed by atoms with van der Waals surface area (Å²) >= 11 is 0. The molecule has 1 N–H and O–H groups in total. The second-order valence-electron chi connectivity index (χ2n) is 3.50. The van der Waals surface area contributed by atoms with Crippen molar-refractivity contribution < 1.29 is 14.3 Å². The maximum absolute atomic E-state index is 11.4. The fourth-order valence-electron chi connectivity index (χ4n) is 1.28. The molecule has 5 heteroatoms. The Labute approximate surface area is 100 Å². The maximum Gasteiger partial charge on any atom is 0.307 e. The Bertz CT molecular complexity index is 365. The lowest BCUT2D eigenvalue weighted by Crippen LogP contribution is -2.26. The summed E-state index contributed by atoms with van der Waals surface area (Å²) < 4.78 is 4.46. The smallest absolute Gasteiger partial charge is 0.307 e. The molecule has 0 saturated carbocycles. The van der Waals surface area contributed by atoms with Crippen molar-refractivity contribution in [3.8, 4) is 0 Å². The van der Waals surface area contributed by atoms with Crippen LogP contribution in [-0.4, -0.2) is 30.5 Å². The van der Waals surface area contributed by atoms with Crippen LogP contribution in [0.15, 0.2) is 24.4 Å². The summed E-state index contributed by atoms with van der Waals surface area (Å²) in [6.07, 6.45) is 2.87. The van der Waals surface area contributed by atoms with Crippen LogP contribution in [0.2, 0.25) is 0 Å². The van der Waals surface area contributed by atoms with Crippen LogP contribution in [0.3, 0.4) is 0 Å². The minimum Gasteiger partial charge on any atom is -0.469 e. The molecule has 0 saturated heterocycles. The van der Waals surface area contributed by atoms with Gasteiger partial charge in [-0.2, -0.15) is 0 Å². The van der Waals surface area contributed by atoms with Crippen LogP contribution in [0.25, 0.3) is 0 Å². The molecule has 5 nitrogen and oxygen atoms in total. The lowest BCUT2D eigenvalue weighted by molar-refractivity contribution is -0.140. The van der Waals surface area contributed by atoms with E-state index in [2.05, 4.69) is 15.0 Å². The molecule has 17 heavy (non-hydrogen) atoms. The molecule has 0 unspecified atom stereocenters. The summed E-state index contributed by atoms with van der Waals surface area (Å²) in [5.41, 5.74) is 0.885. The van der Waals surface area contributed by atoms with E-state index in [1.165, 1.54) is 7.11 Å². The molecule has 0 spiro atoms. The highest BCUT2D eigenvalue weighted by Gasteiger charge is 2.04. The Morgan fingerprint density at radius 2 is 2.18 bits per heavy atom. The summed E-state index contributed by atoms with van der Waals surface area (Å²) in [7, 11) is 1.32. The number of ether oxygens (including phenoxy) is 1. The molecule has 0 radical (unpaired) electrons. The third kappa shape index (κ3) is 5.65. The van der Waals surface area contributed by atoms with Crippen molar-refractivity contribution in [2.75, 3.05) is 13.7 Å².